The molecule has 0 aliphatic rings. The second-order valence-corrected chi connectivity index (χ2v) is 6.00. The maximum absolute atomic E-state index is 11.9. The lowest BCUT2D eigenvalue weighted by Crippen LogP contribution is -2.20. The molecule has 0 heterocycles. The summed E-state index contributed by atoms with van der Waals surface area (Å²) in [7, 11) is 0. The molecule has 2 aromatic carbocycles. The Bertz CT molecular complexity index is 654. The summed E-state index contributed by atoms with van der Waals surface area (Å²) in [5.74, 6) is 0.728. The fourth-order valence-electron chi connectivity index (χ4n) is 1.86. The van der Waals surface area contributed by atoms with Gasteiger partial charge in [0, 0.05) is 11.8 Å². The molecule has 3 nitrogen and oxygen atoms in total. The molecule has 0 spiro atoms. The van der Waals surface area contributed by atoms with Crippen molar-refractivity contribution in [3.63, 3.8) is 0 Å². The van der Waals surface area contributed by atoms with E-state index in [0.29, 0.717) is 21.7 Å². The Hall–Kier alpha value is -1.71. The Morgan fingerprint density at radius 2 is 1.77 bits per heavy atom. The molecule has 0 atom stereocenters. The summed E-state index contributed by atoms with van der Waals surface area (Å²) in [4.78, 5) is 11.9. The summed E-state index contributed by atoms with van der Waals surface area (Å²) in [6.45, 7) is 4.15. The molecule has 116 valence electrons. The van der Waals surface area contributed by atoms with Gasteiger partial charge < -0.3 is 10.1 Å². The van der Waals surface area contributed by atoms with Gasteiger partial charge in [0.25, 0.3) is 5.91 Å². The molecule has 1 N–H and O–H groups in total. The van der Waals surface area contributed by atoms with Crippen molar-refractivity contribution in [2.24, 2.45) is 0 Å². The zero-order chi connectivity index (χ0) is 16.1. The van der Waals surface area contributed by atoms with Gasteiger partial charge in [-0.1, -0.05) is 49.2 Å². The van der Waals surface area contributed by atoms with Crippen LogP contribution in [0.3, 0.4) is 0 Å². The molecule has 22 heavy (non-hydrogen) atoms. The SMILES string of the molecule is CC(C)c1ccc(NC(=O)COc2ccc(Cl)c(Cl)c2)cc1. The van der Waals surface area contributed by atoms with E-state index in [-0.39, 0.29) is 12.5 Å². The maximum Gasteiger partial charge on any atom is 0.262 e. The number of hydrogen-bond donors (Lipinski definition) is 1. The predicted molar refractivity (Wildman–Crippen MR) is 91.1 cm³/mol. The van der Waals surface area contributed by atoms with Crippen LogP contribution in [-0.2, 0) is 4.79 Å². The average Bonchev–Trinajstić information content (AvgIpc) is 2.49. The van der Waals surface area contributed by atoms with Gasteiger partial charge in [-0.2, -0.15) is 0 Å². The molecule has 0 aromatic heterocycles. The molecule has 2 rings (SSSR count). The van der Waals surface area contributed by atoms with Crippen molar-refractivity contribution in [1.29, 1.82) is 0 Å². The third kappa shape index (κ3) is 4.65. The van der Waals surface area contributed by atoms with Gasteiger partial charge >= 0.3 is 0 Å². The van der Waals surface area contributed by atoms with E-state index in [1.807, 2.05) is 24.3 Å². The van der Waals surface area contributed by atoms with Crippen LogP contribution in [0.4, 0.5) is 5.69 Å². The third-order valence-corrected chi connectivity index (χ3v) is 3.86. The fourth-order valence-corrected chi connectivity index (χ4v) is 2.15. The summed E-state index contributed by atoms with van der Waals surface area (Å²) >= 11 is 11.7. The minimum absolute atomic E-state index is 0.0934. The number of rotatable bonds is 5. The Morgan fingerprint density at radius 3 is 2.36 bits per heavy atom. The van der Waals surface area contributed by atoms with Crippen LogP contribution in [0.25, 0.3) is 0 Å². The highest BCUT2D eigenvalue weighted by molar-refractivity contribution is 6.42. The van der Waals surface area contributed by atoms with Crippen LogP contribution in [0.5, 0.6) is 5.75 Å². The van der Waals surface area contributed by atoms with Gasteiger partial charge in [-0.15, -0.1) is 0 Å². The second kappa shape index (κ2) is 7.52. The molecular weight excluding hydrogens is 321 g/mol. The highest BCUT2D eigenvalue weighted by Gasteiger charge is 2.06. The molecule has 2 aromatic rings. The highest BCUT2D eigenvalue weighted by atomic mass is 35.5. The summed E-state index contributed by atoms with van der Waals surface area (Å²) in [6.07, 6.45) is 0. The molecule has 0 aliphatic heterocycles. The molecule has 5 heteroatoms. The molecule has 1 amide bonds. The Morgan fingerprint density at radius 1 is 1.09 bits per heavy atom. The van der Waals surface area contributed by atoms with Crippen LogP contribution >= 0.6 is 23.2 Å². The standard InChI is InChI=1S/C17H17Cl2NO2/c1-11(2)12-3-5-13(6-4-12)20-17(21)10-22-14-7-8-15(18)16(19)9-14/h3-9,11H,10H2,1-2H3,(H,20,21). The third-order valence-electron chi connectivity index (χ3n) is 3.12. The zero-order valence-corrected chi connectivity index (χ0v) is 13.9. The fraction of sp³-hybridized carbons (Fsp3) is 0.235. The summed E-state index contributed by atoms with van der Waals surface area (Å²) in [5.41, 5.74) is 1.97. The summed E-state index contributed by atoms with van der Waals surface area (Å²) in [6, 6.07) is 12.6. The molecule has 0 fully saturated rings. The van der Waals surface area contributed by atoms with E-state index >= 15 is 0 Å². The van der Waals surface area contributed by atoms with Gasteiger partial charge in [0.05, 0.1) is 10.0 Å². The van der Waals surface area contributed by atoms with E-state index in [2.05, 4.69) is 19.2 Å². The van der Waals surface area contributed by atoms with E-state index in [9.17, 15) is 4.79 Å². The summed E-state index contributed by atoms with van der Waals surface area (Å²) < 4.78 is 5.38. The Balaban J connectivity index is 1.88. The number of hydrogen-bond acceptors (Lipinski definition) is 2. The Kier molecular flexibility index (Phi) is 5.69. The van der Waals surface area contributed by atoms with Crippen LogP contribution in [0.2, 0.25) is 10.0 Å². The Labute approximate surface area is 140 Å². The van der Waals surface area contributed by atoms with Crippen molar-refractivity contribution in [2.75, 3.05) is 11.9 Å². The number of benzene rings is 2. The van der Waals surface area contributed by atoms with Gasteiger partial charge in [0.1, 0.15) is 5.75 Å². The number of nitrogens with one attached hydrogen (secondary N) is 1. The first-order chi connectivity index (χ1) is 10.5. The van der Waals surface area contributed by atoms with E-state index in [4.69, 9.17) is 27.9 Å². The molecule has 0 bridgehead atoms. The van der Waals surface area contributed by atoms with E-state index in [1.165, 1.54) is 5.56 Å². The van der Waals surface area contributed by atoms with Crippen molar-refractivity contribution in [3.8, 4) is 5.75 Å². The second-order valence-electron chi connectivity index (χ2n) is 5.19. The first-order valence-electron chi connectivity index (χ1n) is 6.93. The largest absolute Gasteiger partial charge is 0.484 e. The number of ether oxygens (including phenoxy) is 1. The van der Waals surface area contributed by atoms with Crippen LogP contribution < -0.4 is 10.1 Å². The van der Waals surface area contributed by atoms with Crippen molar-refractivity contribution in [3.05, 3.63) is 58.1 Å². The maximum atomic E-state index is 11.9. The van der Waals surface area contributed by atoms with E-state index in [0.717, 1.165) is 5.69 Å². The lowest BCUT2D eigenvalue weighted by atomic mass is 10.0. The monoisotopic (exact) mass is 337 g/mol. The van der Waals surface area contributed by atoms with Gasteiger partial charge in [-0.05, 0) is 35.7 Å². The minimum atomic E-state index is -0.233. The van der Waals surface area contributed by atoms with E-state index in [1.54, 1.807) is 18.2 Å². The molecule has 0 saturated heterocycles. The normalized spacial score (nSPS) is 10.6. The van der Waals surface area contributed by atoms with Crippen LogP contribution in [0, 0.1) is 0 Å². The number of carbonyl (C=O) groups is 1. The average molecular weight is 338 g/mol. The number of amides is 1. The van der Waals surface area contributed by atoms with Gasteiger partial charge in [0.15, 0.2) is 6.61 Å². The molecule has 0 saturated carbocycles. The minimum Gasteiger partial charge on any atom is -0.484 e. The molecule has 0 aliphatic carbocycles. The lowest BCUT2D eigenvalue weighted by molar-refractivity contribution is -0.118. The predicted octanol–water partition coefficient (Wildman–Crippen LogP) is 5.13. The molecule has 0 radical (unpaired) electrons. The number of anilines is 1. The quantitative estimate of drug-likeness (QED) is 0.820. The summed E-state index contributed by atoms with van der Waals surface area (Å²) in [5, 5.41) is 3.62. The topological polar surface area (TPSA) is 38.3 Å². The van der Waals surface area contributed by atoms with Gasteiger partial charge in [0.2, 0.25) is 0 Å². The number of halogens is 2. The van der Waals surface area contributed by atoms with Crippen molar-refractivity contribution in [1.82, 2.24) is 0 Å². The first kappa shape index (κ1) is 16.7. The van der Waals surface area contributed by atoms with Gasteiger partial charge in [-0.3, -0.25) is 4.79 Å². The molecular formula is C17H17Cl2NO2. The van der Waals surface area contributed by atoms with Crippen molar-refractivity contribution in [2.45, 2.75) is 19.8 Å². The van der Waals surface area contributed by atoms with Crippen molar-refractivity contribution >= 4 is 34.8 Å². The molecule has 0 unspecified atom stereocenters. The van der Waals surface area contributed by atoms with Crippen LogP contribution in [0.1, 0.15) is 25.3 Å². The smallest absolute Gasteiger partial charge is 0.262 e. The lowest BCUT2D eigenvalue weighted by Gasteiger charge is -2.10. The highest BCUT2D eigenvalue weighted by Crippen LogP contribution is 2.26. The van der Waals surface area contributed by atoms with E-state index < -0.39 is 0 Å². The van der Waals surface area contributed by atoms with Crippen LogP contribution in [0.15, 0.2) is 42.5 Å². The first-order valence-corrected chi connectivity index (χ1v) is 7.69. The zero-order valence-electron chi connectivity index (χ0n) is 12.4. The van der Waals surface area contributed by atoms with Crippen molar-refractivity contribution < 1.29 is 9.53 Å². The van der Waals surface area contributed by atoms with Gasteiger partial charge in [-0.25, -0.2) is 0 Å². The number of carbonyl (C=O) groups excluding carboxylic acids is 1. The van der Waals surface area contributed by atoms with Crippen LogP contribution in [-0.4, -0.2) is 12.5 Å².